The quantitative estimate of drug-likeness (QED) is 0.584. The van der Waals surface area contributed by atoms with Gasteiger partial charge in [-0.25, -0.2) is 14.7 Å². The summed E-state index contributed by atoms with van der Waals surface area (Å²) in [5.41, 5.74) is 2.41. The molecule has 1 fully saturated rings. The summed E-state index contributed by atoms with van der Waals surface area (Å²) in [6, 6.07) is 14.0. The zero-order chi connectivity index (χ0) is 20.9. The summed E-state index contributed by atoms with van der Waals surface area (Å²) in [5, 5.41) is 6.01. The van der Waals surface area contributed by atoms with Crippen molar-refractivity contribution in [3.8, 4) is 11.6 Å². The first-order valence-electron chi connectivity index (χ1n) is 9.65. The maximum absolute atomic E-state index is 12.4. The fourth-order valence-corrected chi connectivity index (χ4v) is 3.15. The standard InChI is InChI=1S/C22H21N5O3/c1-2-19-21(28)27(22(29)26-19)17-5-3-4-16(12-17)25-13-15-6-8-18(9-7-15)30-20-14-23-10-11-24-20/h3-12,14,19,25H,2,13H2,1H3,(H,26,29). The van der Waals surface area contributed by atoms with E-state index in [4.69, 9.17) is 4.74 Å². The average molecular weight is 403 g/mol. The molecule has 152 valence electrons. The third-order valence-corrected chi connectivity index (χ3v) is 4.71. The van der Waals surface area contributed by atoms with Crippen LogP contribution in [0.4, 0.5) is 16.2 Å². The summed E-state index contributed by atoms with van der Waals surface area (Å²) in [5.74, 6) is 0.884. The summed E-state index contributed by atoms with van der Waals surface area (Å²) >= 11 is 0. The molecule has 1 aliphatic rings. The lowest BCUT2D eigenvalue weighted by molar-refractivity contribution is -0.118. The monoisotopic (exact) mass is 403 g/mol. The SMILES string of the molecule is CCC1NC(=O)N(c2cccc(NCc3ccc(Oc4cnccn4)cc3)c2)C1=O. The van der Waals surface area contributed by atoms with Crippen molar-refractivity contribution < 1.29 is 14.3 Å². The highest BCUT2D eigenvalue weighted by atomic mass is 16.5. The molecule has 0 spiro atoms. The Morgan fingerprint density at radius 2 is 1.97 bits per heavy atom. The van der Waals surface area contributed by atoms with Crippen LogP contribution in [0.2, 0.25) is 0 Å². The van der Waals surface area contributed by atoms with E-state index in [1.807, 2.05) is 43.3 Å². The predicted octanol–water partition coefficient (Wildman–Crippen LogP) is 3.72. The number of imide groups is 1. The number of nitrogens with zero attached hydrogens (tertiary/aromatic N) is 3. The summed E-state index contributed by atoms with van der Waals surface area (Å²) in [6.45, 7) is 2.44. The molecule has 8 nitrogen and oxygen atoms in total. The van der Waals surface area contributed by atoms with Gasteiger partial charge in [-0.3, -0.25) is 9.78 Å². The number of nitrogens with one attached hydrogen (secondary N) is 2. The van der Waals surface area contributed by atoms with E-state index in [0.29, 0.717) is 30.3 Å². The first kappa shape index (κ1) is 19.4. The van der Waals surface area contributed by atoms with Gasteiger partial charge in [-0.15, -0.1) is 0 Å². The Labute approximate surface area is 173 Å². The third kappa shape index (κ3) is 4.22. The summed E-state index contributed by atoms with van der Waals surface area (Å²) in [7, 11) is 0. The van der Waals surface area contributed by atoms with Gasteiger partial charge in [-0.05, 0) is 42.3 Å². The van der Waals surface area contributed by atoms with E-state index in [0.717, 1.165) is 11.3 Å². The molecular formula is C22H21N5O3. The molecule has 3 amide bonds. The molecule has 1 aliphatic heterocycles. The van der Waals surface area contributed by atoms with Gasteiger partial charge < -0.3 is 15.4 Å². The van der Waals surface area contributed by atoms with Crippen molar-refractivity contribution in [3.05, 3.63) is 72.7 Å². The molecule has 2 N–H and O–H groups in total. The lowest BCUT2D eigenvalue weighted by atomic mass is 10.2. The molecule has 8 heteroatoms. The molecule has 1 unspecified atom stereocenters. The van der Waals surface area contributed by atoms with Crippen LogP contribution in [0.15, 0.2) is 67.1 Å². The zero-order valence-electron chi connectivity index (χ0n) is 16.4. The Hall–Kier alpha value is -3.94. The van der Waals surface area contributed by atoms with Gasteiger partial charge >= 0.3 is 6.03 Å². The normalized spacial score (nSPS) is 15.8. The number of amides is 3. The van der Waals surface area contributed by atoms with Crippen molar-refractivity contribution in [2.75, 3.05) is 10.2 Å². The molecule has 2 aromatic carbocycles. The number of urea groups is 1. The van der Waals surface area contributed by atoms with Crippen molar-refractivity contribution >= 4 is 23.3 Å². The van der Waals surface area contributed by atoms with Gasteiger partial charge in [0.05, 0.1) is 11.9 Å². The minimum Gasteiger partial charge on any atom is -0.438 e. The number of anilines is 2. The molecular weight excluding hydrogens is 382 g/mol. The van der Waals surface area contributed by atoms with Crippen molar-refractivity contribution in [2.45, 2.75) is 25.9 Å². The van der Waals surface area contributed by atoms with Gasteiger partial charge in [-0.1, -0.05) is 25.1 Å². The molecule has 4 rings (SSSR count). The lowest BCUT2D eigenvalue weighted by Crippen LogP contribution is -2.31. The zero-order valence-corrected chi connectivity index (χ0v) is 16.4. The minimum atomic E-state index is -0.461. The number of aromatic nitrogens is 2. The third-order valence-electron chi connectivity index (χ3n) is 4.71. The Morgan fingerprint density at radius 3 is 2.67 bits per heavy atom. The topological polar surface area (TPSA) is 96.5 Å². The van der Waals surface area contributed by atoms with E-state index >= 15 is 0 Å². The molecule has 3 aromatic rings. The van der Waals surface area contributed by atoms with Crippen molar-refractivity contribution in [1.82, 2.24) is 15.3 Å². The van der Waals surface area contributed by atoms with Crippen LogP contribution in [0.5, 0.6) is 11.6 Å². The maximum atomic E-state index is 12.4. The van der Waals surface area contributed by atoms with Gasteiger partial charge in [-0.2, -0.15) is 0 Å². The van der Waals surface area contributed by atoms with Gasteiger partial charge in [0.25, 0.3) is 5.91 Å². The van der Waals surface area contributed by atoms with Gasteiger partial charge in [0, 0.05) is 24.6 Å². The Balaban J connectivity index is 1.39. The van der Waals surface area contributed by atoms with Crippen LogP contribution >= 0.6 is 0 Å². The van der Waals surface area contributed by atoms with E-state index < -0.39 is 6.04 Å². The Bertz CT molecular complexity index is 1040. The maximum Gasteiger partial charge on any atom is 0.329 e. The number of carbonyl (C=O) groups excluding carboxylic acids is 2. The van der Waals surface area contributed by atoms with E-state index in [1.54, 1.807) is 30.7 Å². The van der Waals surface area contributed by atoms with Gasteiger partial charge in [0.15, 0.2) is 0 Å². The largest absolute Gasteiger partial charge is 0.438 e. The highest BCUT2D eigenvalue weighted by molar-refractivity contribution is 6.21. The number of rotatable bonds is 7. The van der Waals surface area contributed by atoms with E-state index in [-0.39, 0.29) is 11.9 Å². The molecule has 1 saturated heterocycles. The second-order valence-electron chi connectivity index (χ2n) is 6.78. The fourth-order valence-electron chi connectivity index (χ4n) is 3.15. The summed E-state index contributed by atoms with van der Waals surface area (Å²) < 4.78 is 5.64. The highest BCUT2D eigenvalue weighted by Gasteiger charge is 2.37. The van der Waals surface area contributed by atoms with E-state index in [9.17, 15) is 9.59 Å². The first-order valence-corrected chi connectivity index (χ1v) is 9.65. The highest BCUT2D eigenvalue weighted by Crippen LogP contribution is 2.24. The molecule has 1 atom stereocenters. The van der Waals surface area contributed by atoms with Crippen LogP contribution < -0.4 is 20.3 Å². The van der Waals surface area contributed by atoms with Crippen LogP contribution in [-0.2, 0) is 11.3 Å². The van der Waals surface area contributed by atoms with Crippen molar-refractivity contribution in [3.63, 3.8) is 0 Å². The van der Waals surface area contributed by atoms with Crippen LogP contribution in [0.25, 0.3) is 0 Å². The number of benzene rings is 2. The van der Waals surface area contributed by atoms with Crippen LogP contribution in [0.1, 0.15) is 18.9 Å². The van der Waals surface area contributed by atoms with Crippen LogP contribution in [0.3, 0.4) is 0 Å². The minimum absolute atomic E-state index is 0.224. The molecule has 0 saturated carbocycles. The molecule has 0 radical (unpaired) electrons. The Morgan fingerprint density at radius 1 is 1.13 bits per heavy atom. The predicted molar refractivity (Wildman–Crippen MR) is 112 cm³/mol. The summed E-state index contributed by atoms with van der Waals surface area (Å²) in [4.78, 5) is 33.8. The van der Waals surface area contributed by atoms with Crippen LogP contribution in [0, 0.1) is 0 Å². The smallest absolute Gasteiger partial charge is 0.329 e. The summed E-state index contributed by atoms with van der Waals surface area (Å²) in [6.07, 6.45) is 5.28. The van der Waals surface area contributed by atoms with Crippen molar-refractivity contribution in [2.24, 2.45) is 0 Å². The molecule has 2 heterocycles. The molecule has 1 aromatic heterocycles. The van der Waals surface area contributed by atoms with Crippen molar-refractivity contribution in [1.29, 1.82) is 0 Å². The van der Waals surface area contributed by atoms with E-state index in [1.165, 1.54) is 4.90 Å². The number of ether oxygens (including phenoxy) is 1. The molecule has 0 bridgehead atoms. The van der Waals surface area contributed by atoms with Crippen LogP contribution in [-0.4, -0.2) is 27.9 Å². The second kappa shape index (κ2) is 8.60. The van der Waals surface area contributed by atoms with Gasteiger partial charge in [0.2, 0.25) is 5.88 Å². The Kier molecular flexibility index (Phi) is 5.56. The van der Waals surface area contributed by atoms with Gasteiger partial charge in [0.1, 0.15) is 11.8 Å². The fraction of sp³-hybridized carbons (Fsp3) is 0.182. The van der Waals surface area contributed by atoms with E-state index in [2.05, 4.69) is 20.6 Å². The average Bonchev–Trinajstić information content (AvgIpc) is 3.07. The second-order valence-corrected chi connectivity index (χ2v) is 6.78. The lowest BCUT2D eigenvalue weighted by Gasteiger charge is -2.15. The first-order chi connectivity index (χ1) is 14.6. The molecule has 0 aliphatic carbocycles. The number of hydrogen-bond donors (Lipinski definition) is 2. The molecule has 30 heavy (non-hydrogen) atoms. The number of carbonyl (C=O) groups is 2. The number of hydrogen-bond acceptors (Lipinski definition) is 6.